The first kappa shape index (κ1) is 18.4. The maximum absolute atomic E-state index is 13.3. The highest BCUT2D eigenvalue weighted by atomic mass is 19.4. The second-order valence-electron chi connectivity index (χ2n) is 5.82. The molecule has 1 aromatic carbocycles. The fraction of sp³-hybridized carbons (Fsp3) is 0.562. The predicted octanol–water partition coefficient (Wildman–Crippen LogP) is 2.90. The number of urea groups is 1. The summed E-state index contributed by atoms with van der Waals surface area (Å²) in [5, 5.41) is 14.2. The maximum Gasteiger partial charge on any atom is 0.412 e. The highest BCUT2D eigenvalue weighted by Crippen LogP contribution is 2.33. The van der Waals surface area contributed by atoms with Gasteiger partial charge in [-0.05, 0) is 30.5 Å². The fourth-order valence-corrected chi connectivity index (χ4v) is 2.77. The van der Waals surface area contributed by atoms with Crippen LogP contribution in [0.3, 0.4) is 0 Å². The number of rotatable bonds is 4. The van der Waals surface area contributed by atoms with E-state index >= 15 is 0 Å². The minimum absolute atomic E-state index is 0.0948. The zero-order valence-electron chi connectivity index (χ0n) is 13.3. The Balaban J connectivity index is 2.06. The zero-order valence-corrected chi connectivity index (χ0v) is 13.3. The van der Waals surface area contributed by atoms with Crippen molar-refractivity contribution in [2.75, 3.05) is 7.11 Å². The van der Waals surface area contributed by atoms with E-state index in [1.165, 1.54) is 31.4 Å². The summed E-state index contributed by atoms with van der Waals surface area (Å²) in [7, 11) is 1.41. The molecule has 0 heterocycles. The van der Waals surface area contributed by atoms with Crippen LogP contribution in [0.4, 0.5) is 18.0 Å². The molecular weight excluding hydrogens is 325 g/mol. The molecule has 0 aliphatic heterocycles. The van der Waals surface area contributed by atoms with Crippen LogP contribution >= 0.6 is 0 Å². The number of halogens is 3. The van der Waals surface area contributed by atoms with Crippen LogP contribution in [0.5, 0.6) is 5.75 Å². The van der Waals surface area contributed by atoms with Crippen LogP contribution in [0.1, 0.15) is 37.3 Å². The van der Waals surface area contributed by atoms with Crippen molar-refractivity contribution in [1.29, 1.82) is 0 Å². The van der Waals surface area contributed by atoms with Crippen LogP contribution in [0.15, 0.2) is 24.3 Å². The lowest BCUT2D eigenvalue weighted by atomic mass is 9.93. The lowest BCUT2D eigenvalue weighted by Crippen LogP contribution is -2.51. The molecule has 0 radical (unpaired) electrons. The van der Waals surface area contributed by atoms with E-state index in [4.69, 9.17) is 4.74 Å². The second kappa shape index (κ2) is 7.74. The molecule has 0 bridgehead atoms. The van der Waals surface area contributed by atoms with Crippen LogP contribution in [0.25, 0.3) is 0 Å². The van der Waals surface area contributed by atoms with Gasteiger partial charge in [-0.2, -0.15) is 13.2 Å². The number of alkyl halides is 3. The Morgan fingerprint density at radius 2 is 1.88 bits per heavy atom. The van der Waals surface area contributed by atoms with Gasteiger partial charge >= 0.3 is 12.2 Å². The number of hydrogen-bond donors (Lipinski definition) is 3. The van der Waals surface area contributed by atoms with Gasteiger partial charge in [0.05, 0.1) is 19.3 Å². The molecule has 3 N–H and O–H groups in total. The van der Waals surface area contributed by atoms with Crippen molar-refractivity contribution in [2.24, 2.45) is 0 Å². The number of carbonyl (C=O) groups is 1. The Hall–Kier alpha value is -1.96. The Bertz CT molecular complexity index is 548. The van der Waals surface area contributed by atoms with Gasteiger partial charge in [0.15, 0.2) is 6.04 Å². The number of ether oxygens (including phenoxy) is 1. The lowest BCUT2D eigenvalue weighted by molar-refractivity contribution is -0.155. The topological polar surface area (TPSA) is 70.6 Å². The first-order valence-corrected chi connectivity index (χ1v) is 7.77. The van der Waals surface area contributed by atoms with Crippen molar-refractivity contribution in [3.05, 3.63) is 29.8 Å². The molecule has 1 aromatic rings. The van der Waals surface area contributed by atoms with Crippen molar-refractivity contribution >= 4 is 6.03 Å². The molecule has 8 heteroatoms. The monoisotopic (exact) mass is 346 g/mol. The molecule has 1 aliphatic rings. The van der Waals surface area contributed by atoms with Gasteiger partial charge in [0.2, 0.25) is 0 Å². The average molecular weight is 346 g/mol. The minimum atomic E-state index is -4.64. The van der Waals surface area contributed by atoms with Crippen molar-refractivity contribution in [3.63, 3.8) is 0 Å². The first-order valence-electron chi connectivity index (χ1n) is 7.77. The third-order valence-corrected chi connectivity index (χ3v) is 4.10. The van der Waals surface area contributed by atoms with E-state index in [1.54, 1.807) is 0 Å². The van der Waals surface area contributed by atoms with Gasteiger partial charge in [-0.3, -0.25) is 0 Å². The smallest absolute Gasteiger partial charge is 0.412 e. The third-order valence-electron chi connectivity index (χ3n) is 4.10. The largest absolute Gasteiger partial charge is 0.497 e. The number of nitrogens with one attached hydrogen (secondary N) is 2. The highest BCUT2D eigenvalue weighted by Gasteiger charge is 2.42. The van der Waals surface area contributed by atoms with Crippen molar-refractivity contribution < 1.29 is 27.8 Å². The summed E-state index contributed by atoms with van der Waals surface area (Å²) in [6, 6.07) is 1.71. The van der Waals surface area contributed by atoms with Crippen molar-refractivity contribution in [3.8, 4) is 5.75 Å². The molecule has 1 aliphatic carbocycles. The maximum atomic E-state index is 13.3. The van der Waals surface area contributed by atoms with Crippen molar-refractivity contribution in [2.45, 2.75) is 50.0 Å². The number of benzene rings is 1. The van der Waals surface area contributed by atoms with Gasteiger partial charge in [-0.15, -0.1) is 0 Å². The van der Waals surface area contributed by atoms with Crippen LogP contribution < -0.4 is 15.4 Å². The van der Waals surface area contributed by atoms with Gasteiger partial charge in [0, 0.05) is 0 Å². The van der Waals surface area contributed by atoms with Gasteiger partial charge in [0.1, 0.15) is 5.75 Å². The van der Waals surface area contributed by atoms with Crippen LogP contribution in [-0.4, -0.2) is 36.6 Å². The summed E-state index contributed by atoms with van der Waals surface area (Å²) in [4.78, 5) is 12.0. The molecule has 2 rings (SSSR count). The van der Waals surface area contributed by atoms with E-state index in [0.29, 0.717) is 18.6 Å². The molecule has 0 spiro atoms. The molecule has 24 heavy (non-hydrogen) atoms. The second-order valence-corrected chi connectivity index (χ2v) is 5.82. The van der Waals surface area contributed by atoms with Gasteiger partial charge < -0.3 is 20.5 Å². The van der Waals surface area contributed by atoms with E-state index in [2.05, 4.69) is 5.32 Å². The Kier molecular flexibility index (Phi) is 5.93. The molecule has 3 unspecified atom stereocenters. The molecular formula is C16H21F3N2O3. The van der Waals surface area contributed by atoms with Gasteiger partial charge in [0.25, 0.3) is 0 Å². The molecule has 3 atom stereocenters. The fourth-order valence-electron chi connectivity index (χ4n) is 2.77. The summed E-state index contributed by atoms with van der Waals surface area (Å²) in [5.41, 5.74) is -0.0948. The van der Waals surface area contributed by atoms with Gasteiger partial charge in [-0.25, -0.2) is 4.79 Å². The average Bonchev–Trinajstić information content (AvgIpc) is 2.54. The molecule has 0 aromatic heterocycles. The molecule has 1 fully saturated rings. The molecule has 5 nitrogen and oxygen atoms in total. The van der Waals surface area contributed by atoms with E-state index < -0.39 is 30.4 Å². The minimum Gasteiger partial charge on any atom is -0.497 e. The number of methoxy groups -OCH3 is 1. The normalized spacial score (nSPS) is 22.5. The molecule has 1 saturated carbocycles. The number of hydrogen-bond acceptors (Lipinski definition) is 3. The summed E-state index contributed by atoms with van der Waals surface area (Å²) in [5.74, 6) is 0.425. The number of amides is 2. The summed E-state index contributed by atoms with van der Waals surface area (Å²) < 4.78 is 44.8. The predicted molar refractivity (Wildman–Crippen MR) is 81.7 cm³/mol. The third kappa shape index (κ3) is 4.77. The van der Waals surface area contributed by atoms with Crippen LogP contribution in [0, 0.1) is 0 Å². The van der Waals surface area contributed by atoms with Crippen LogP contribution in [-0.2, 0) is 0 Å². The Morgan fingerprint density at radius 1 is 1.25 bits per heavy atom. The SMILES string of the molecule is COc1ccc(C(NC(=O)NC2CCCCC2O)C(F)(F)F)cc1. The quantitative estimate of drug-likeness (QED) is 0.785. The Labute approximate surface area is 138 Å². The summed E-state index contributed by atoms with van der Waals surface area (Å²) >= 11 is 0. The summed E-state index contributed by atoms with van der Waals surface area (Å²) in [6.07, 6.45) is -2.62. The number of aliphatic hydroxyl groups is 1. The van der Waals surface area contributed by atoms with E-state index in [9.17, 15) is 23.1 Å². The van der Waals surface area contributed by atoms with E-state index in [0.717, 1.165) is 12.8 Å². The molecule has 134 valence electrons. The van der Waals surface area contributed by atoms with E-state index in [1.807, 2.05) is 5.32 Å². The van der Waals surface area contributed by atoms with Crippen LogP contribution in [0.2, 0.25) is 0 Å². The lowest BCUT2D eigenvalue weighted by Gasteiger charge is -2.29. The number of aliphatic hydroxyl groups excluding tert-OH is 1. The van der Waals surface area contributed by atoms with Crippen molar-refractivity contribution in [1.82, 2.24) is 10.6 Å². The van der Waals surface area contributed by atoms with Gasteiger partial charge in [-0.1, -0.05) is 25.0 Å². The number of carbonyl (C=O) groups excluding carboxylic acids is 1. The summed E-state index contributed by atoms with van der Waals surface area (Å²) in [6.45, 7) is 0. The molecule has 0 saturated heterocycles. The highest BCUT2D eigenvalue weighted by molar-refractivity contribution is 5.75. The molecule has 2 amide bonds. The first-order chi connectivity index (χ1) is 11.3. The Morgan fingerprint density at radius 3 is 2.42 bits per heavy atom. The zero-order chi connectivity index (χ0) is 17.7. The van der Waals surface area contributed by atoms with E-state index in [-0.39, 0.29) is 5.56 Å². The standard InChI is InChI=1S/C16H21F3N2O3/c1-24-11-8-6-10(7-9-11)14(16(17,18)19)21-15(23)20-12-4-2-3-5-13(12)22/h6-9,12-14,22H,2-5H2,1H3,(H2,20,21,23).